The molecule has 10 heteroatoms. The van der Waals surface area contributed by atoms with Crippen LogP contribution >= 0.6 is 0 Å². The monoisotopic (exact) mass is 398 g/mol. The number of anilines is 1. The van der Waals surface area contributed by atoms with Gasteiger partial charge in [0, 0.05) is 32.0 Å². The van der Waals surface area contributed by atoms with E-state index in [4.69, 9.17) is 9.47 Å². The summed E-state index contributed by atoms with van der Waals surface area (Å²) < 4.78 is 11.4. The highest BCUT2D eigenvalue weighted by Gasteiger charge is 2.18. The highest BCUT2D eigenvalue weighted by atomic mass is 16.6. The van der Waals surface area contributed by atoms with E-state index in [0.29, 0.717) is 18.8 Å². The Morgan fingerprint density at radius 1 is 1.28 bits per heavy atom. The first-order valence-corrected chi connectivity index (χ1v) is 8.65. The van der Waals surface area contributed by atoms with Gasteiger partial charge in [0.2, 0.25) is 0 Å². The molecule has 2 heterocycles. The molecule has 0 bridgehead atoms. The summed E-state index contributed by atoms with van der Waals surface area (Å²) in [6, 6.07) is 10.4. The SMILES string of the molecule is COCCNc1ccc(C(=O)OCc2cc(=O)n3ccccc3n2)cc1[N+](=O)[O-]. The third kappa shape index (κ3) is 4.74. The van der Waals surface area contributed by atoms with Gasteiger partial charge in [-0.05, 0) is 24.3 Å². The van der Waals surface area contributed by atoms with E-state index >= 15 is 0 Å². The Balaban J connectivity index is 1.74. The fraction of sp³-hybridized carbons (Fsp3) is 0.211. The maximum atomic E-state index is 12.3. The lowest BCUT2D eigenvalue weighted by Crippen LogP contribution is -2.16. The molecule has 3 aromatic rings. The number of esters is 1. The third-order valence-electron chi connectivity index (χ3n) is 4.03. The molecule has 0 radical (unpaired) electrons. The molecule has 0 aliphatic rings. The van der Waals surface area contributed by atoms with Crippen LogP contribution in [0.3, 0.4) is 0 Å². The summed E-state index contributed by atoms with van der Waals surface area (Å²) in [5.74, 6) is -0.758. The van der Waals surface area contributed by atoms with E-state index in [2.05, 4.69) is 10.3 Å². The number of nitro benzene ring substituents is 1. The predicted octanol–water partition coefficient (Wildman–Crippen LogP) is 2.02. The zero-order valence-corrected chi connectivity index (χ0v) is 15.5. The normalized spacial score (nSPS) is 10.7. The van der Waals surface area contributed by atoms with E-state index in [-0.39, 0.29) is 34.8 Å². The maximum Gasteiger partial charge on any atom is 0.338 e. The minimum absolute atomic E-state index is 0.0199. The number of carbonyl (C=O) groups excluding carboxylic acids is 1. The van der Waals surface area contributed by atoms with Gasteiger partial charge in [-0.1, -0.05) is 6.07 Å². The summed E-state index contributed by atoms with van der Waals surface area (Å²) in [6.07, 6.45) is 1.59. The summed E-state index contributed by atoms with van der Waals surface area (Å²) in [6.45, 7) is 0.519. The van der Waals surface area contributed by atoms with Crippen molar-refractivity contribution in [2.24, 2.45) is 0 Å². The minimum atomic E-state index is -0.758. The third-order valence-corrected chi connectivity index (χ3v) is 4.03. The van der Waals surface area contributed by atoms with Gasteiger partial charge in [-0.2, -0.15) is 0 Å². The van der Waals surface area contributed by atoms with Crippen LogP contribution in [0.15, 0.2) is 53.5 Å². The lowest BCUT2D eigenvalue weighted by atomic mass is 10.1. The van der Waals surface area contributed by atoms with Crippen LogP contribution in [0, 0.1) is 10.1 Å². The van der Waals surface area contributed by atoms with Crippen molar-refractivity contribution in [3.63, 3.8) is 0 Å². The van der Waals surface area contributed by atoms with E-state index < -0.39 is 10.9 Å². The van der Waals surface area contributed by atoms with Crippen molar-refractivity contribution in [3.8, 4) is 0 Å². The van der Waals surface area contributed by atoms with Gasteiger partial charge in [-0.25, -0.2) is 9.78 Å². The molecule has 0 unspecified atom stereocenters. The Kier molecular flexibility index (Phi) is 6.15. The summed E-state index contributed by atoms with van der Waals surface area (Å²) in [7, 11) is 1.52. The van der Waals surface area contributed by atoms with Crippen molar-refractivity contribution in [1.29, 1.82) is 0 Å². The number of rotatable bonds is 8. The molecule has 0 amide bonds. The number of nitrogens with one attached hydrogen (secondary N) is 1. The molecular weight excluding hydrogens is 380 g/mol. The van der Waals surface area contributed by atoms with Crippen molar-refractivity contribution >= 4 is 23.0 Å². The van der Waals surface area contributed by atoms with E-state index in [1.165, 1.54) is 29.7 Å². The first kappa shape index (κ1) is 20.0. The molecule has 150 valence electrons. The first-order valence-electron chi connectivity index (χ1n) is 8.65. The van der Waals surface area contributed by atoms with Crippen LogP contribution in [0.2, 0.25) is 0 Å². The molecule has 0 atom stereocenters. The molecule has 2 aromatic heterocycles. The van der Waals surface area contributed by atoms with Crippen LogP contribution in [-0.4, -0.2) is 40.5 Å². The fourth-order valence-corrected chi connectivity index (χ4v) is 2.65. The number of aromatic nitrogens is 2. The van der Waals surface area contributed by atoms with Gasteiger partial charge >= 0.3 is 5.97 Å². The highest BCUT2D eigenvalue weighted by molar-refractivity contribution is 5.91. The highest BCUT2D eigenvalue weighted by Crippen LogP contribution is 2.26. The first-order chi connectivity index (χ1) is 14.0. The van der Waals surface area contributed by atoms with Crippen LogP contribution in [-0.2, 0) is 16.1 Å². The minimum Gasteiger partial charge on any atom is -0.456 e. The van der Waals surface area contributed by atoms with E-state index in [9.17, 15) is 19.7 Å². The predicted molar refractivity (Wildman–Crippen MR) is 104 cm³/mol. The van der Waals surface area contributed by atoms with Crippen LogP contribution in [0.25, 0.3) is 5.65 Å². The van der Waals surface area contributed by atoms with Crippen LogP contribution in [0.1, 0.15) is 16.1 Å². The van der Waals surface area contributed by atoms with Gasteiger partial charge < -0.3 is 14.8 Å². The summed E-state index contributed by atoms with van der Waals surface area (Å²) >= 11 is 0. The molecule has 0 fully saturated rings. The molecule has 3 rings (SSSR count). The fourth-order valence-electron chi connectivity index (χ4n) is 2.65. The summed E-state index contributed by atoms with van der Waals surface area (Å²) in [5, 5.41) is 14.2. The van der Waals surface area contributed by atoms with E-state index in [1.54, 1.807) is 24.4 Å². The van der Waals surface area contributed by atoms with Gasteiger partial charge in [0.25, 0.3) is 11.2 Å². The number of nitro groups is 1. The van der Waals surface area contributed by atoms with Crippen molar-refractivity contribution in [3.05, 3.63) is 80.4 Å². The standard InChI is InChI=1S/C19H18N4O6/c1-28-9-7-20-15-6-5-13(10-16(15)23(26)27)19(25)29-12-14-11-18(24)22-8-3-2-4-17(22)21-14/h2-6,8,10-11,20H,7,9,12H2,1H3. The smallest absolute Gasteiger partial charge is 0.338 e. The molecule has 1 aromatic carbocycles. The molecule has 0 saturated heterocycles. The summed E-state index contributed by atoms with van der Waals surface area (Å²) in [4.78, 5) is 39.4. The summed E-state index contributed by atoms with van der Waals surface area (Å²) in [5.41, 5.74) is 0.441. The average molecular weight is 398 g/mol. The average Bonchev–Trinajstić information content (AvgIpc) is 2.72. The van der Waals surface area contributed by atoms with Crippen LogP contribution in [0.5, 0.6) is 0 Å². The second kappa shape index (κ2) is 8.93. The topological polar surface area (TPSA) is 125 Å². The maximum absolute atomic E-state index is 12.3. The van der Waals surface area contributed by atoms with Crippen molar-refractivity contribution in [1.82, 2.24) is 9.38 Å². The van der Waals surface area contributed by atoms with Crippen molar-refractivity contribution < 1.29 is 19.2 Å². The largest absolute Gasteiger partial charge is 0.456 e. The van der Waals surface area contributed by atoms with Crippen LogP contribution < -0.4 is 10.9 Å². The van der Waals surface area contributed by atoms with Crippen LogP contribution in [0.4, 0.5) is 11.4 Å². The Hall–Kier alpha value is -3.79. The number of methoxy groups -OCH3 is 1. The number of nitrogens with zero attached hydrogens (tertiary/aromatic N) is 3. The van der Waals surface area contributed by atoms with Crippen molar-refractivity contribution in [2.45, 2.75) is 6.61 Å². The zero-order chi connectivity index (χ0) is 20.8. The Labute approximate surface area is 164 Å². The van der Waals surface area contributed by atoms with Gasteiger partial charge in [0.1, 0.15) is 17.9 Å². The van der Waals surface area contributed by atoms with Crippen molar-refractivity contribution in [2.75, 3.05) is 25.6 Å². The van der Waals surface area contributed by atoms with Gasteiger partial charge in [0.15, 0.2) is 0 Å². The second-order valence-corrected chi connectivity index (χ2v) is 6.00. The number of pyridine rings is 1. The molecule has 0 aliphatic carbocycles. The molecule has 29 heavy (non-hydrogen) atoms. The molecular formula is C19H18N4O6. The van der Waals surface area contributed by atoms with E-state index in [1.807, 2.05) is 0 Å². The van der Waals surface area contributed by atoms with Gasteiger partial charge in [-0.15, -0.1) is 0 Å². The Bertz CT molecular complexity index is 1110. The van der Waals surface area contributed by atoms with E-state index in [0.717, 1.165) is 6.07 Å². The number of hydrogen-bond acceptors (Lipinski definition) is 8. The Morgan fingerprint density at radius 2 is 2.10 bits per heavy atom. The molecule has 10 nitrogen and oxygen atoms in total. The number of carbonyl (C=O) groups is 1. The molecule has 1 N–H and O–H groups in total. The number of benzene rings is 1. The van der Waals surface area contributed by atoms with Gasteiger partial charge in [-0.3, -0.25) is 19.3 Å². The number of fused-ring (bicyclic) bond motifs is 1. The number of hydrogen-bond donors (Lipinski definition) is 1. The quantitative estimate of drug-likeness (QED) is 0.264. The zero-order valence-electron chi connectivity index (χ0n) is 15.5. The van der Waals surface area contributed by atoms with Gasteiger partial charge in [0.05, 0.1) is 22.8 Å². The Morgan fingerprint density at radius 3 is 2.86 bits per heavy atom. The lowest BCUT2D eigenvalue weighted by molar-refractivity contribution is -0.384. The molecule has 0 saturated carbocycles. The number of ether oxygens (including phenoxy) is 2. The lowest BCUT2D eigenvalue weighted by Gasteiger charge is -2.09. The second-order valence-electron chi connectivity index (χ2n) is 6.00. The molecule has 0 aliphatic heterocycles. The molecule has 0 spiro atoms.